The van der Waals surface area contributed by atoms with Crippen molar-refractivity contribution < 1.29 is 78.3 Å². The van der Waals surface area contributed by atoms with E-state index in [2.05, 4.69) is 42.6 Å². The van der Waals surface area contributed by atoms with Gasteiger partial charge in [-0.3, -0.25) is 9.59 Å². The van der Waals surface area contributed by atoms with E-state index in [1.165, 1.54) is 48.5 Å². The van der Waals surface area contributed by atoms with Gasteiger partial charge in [-0.05, 0) is 127 Å². The lowest BCUT2D eigenvalue weighted by Gasteiger charge is -2.40. The van der Waals surface area contributed by atoms with Gasteiger partial charge in [-0.1, -0.05) is 83.3 Å². The minimum Gasteiger partial charge on any atom is -0.476 e. The predicted octanol–water partition coefficient (Wildman–Crippen LogP) is 11.7. The minimum absolute atomic E-state index is 0. The molecule has 19 nitrogen and oxygen atoms in total. The molecule has 3 saturated heterocycles. The maximum absolute atomic E-state index is 13.5. The van der Waals surface area contributed by atoms with E-state index in [0.29, 0.717) is 59.1 Å². The van der Waals surface area contributed by atoms with Gasteiger partial charge in [-0.2, -0.15) is 8.42 Å². The standard InChI is InChI=1S/C20H15FN2O4.C11H7NO5.C9H8FNO.C9H10FN.C8H7F.CClNO3S.CH4/c21-14-3-1-2-12(8-14)16-6-7-23(16)20(24)15-10-18(27-22-15)13-4-5-17-19(9-13)26-11-25-17;13-11(14)7-4-9(17-12-7)6-1-2-8-10(3-6)16-5-15-8;10-7-3-1-2-6(4-7)8-5-9(12)11-8;10-8-3-1-2-7(6-8)9-4-5-11-9;1-2-7-4-3-5-8(9)6-7;2-7(5,6)3-1-4;/h1-5,8-10,16H,6-7,11H2;1-4H,5H2,(H,13,14);1-4,8H,5H2,(H,11,12);1-3,6,9,11H,4-5H2;2-6H,1H2;;1H4. The predicted molar refractivity (Wildman–Crippen MR) is 298 cm³/mol. The largest absolute Gasteiger partial charge is 0.476 e. The number of halogens is 5. The third kappa shape index (κ3) is 17.0. The van der Waals surface area contributed by atoms with Crippen molar-refractivity contribution >= 4 is 49.9 Å². The molecular weight excluding hydrogens is 1140 g/mol. The van der Waals surface area contributed by atoms with Gasteiger partial charge >= 0.3 is 15.2 Å². The van der Waals surface area contributed by atoms with Crippen LogP contribution in [0.4, 0.5) is 17.6 Å². The molecule has 0 aliphatic carbocycles. The Hall–Kier alpha value is -9.61. The van der Waals surface area contributed by atoms with Gasteiger partial charge in [0, 0.05) is 46.5 Å². The van der Waals surface area contributed by atoms with Crippen LogP contribution in [0.15, 0.2) is 166 Å². The van der Waals surface area contributed by atoms with Crippen molar-refractivity contribution in [3.8, 4) is 45.6 Å². The average Bonchev–Trinajstić information content (AvgIpc) is 3.42. The van der Waals surface area contributed by atoms with Gasteiger partial charge in [0.2, 0.25) is 19.5 Å². The Labute approximate surface area is 482 Å². The van der Waals surface area contributed by atoms with Crippen LogP contribution in [-0.2, 0) is 18.8 Å². The summed E-state index contributed by atoms with van der Waals surface area (Å²) in [5, 5.41) is 22.0. The molecule has 0 spiro atoms. The first kappa shape index (κ1) is 62.0. The van der Waals surface area contributed by atoms with Crippen LogP contribution < -0.4 is 29.6 Å². The van der Waals surface area contributed by atoms with Crippen molar-refractivity contribution in [3.63, 3.8) is 0 Å². The molecule has 436 valence electrons. The Bertz CT molecular complexity index is 3790. The Morgan fingerprint density at radius 1 is 0.679 bits per heavy atom. The summed E-state index contributed by atoms with van der Waals surface area (Å²) < 4.78 is 104. The minimum atomic E-state index is -4.00. The Kier molecular flexibility index (Phi) is 21.3. The molecule has 13 rings (SSSR count). The fraction of sp³-hybridized carbons (Fsp3) is 0.186. The maximum Gasteiger partial charge on any atom is 0.358 e. The van der Waals surface area contributed by atoms with Crippen molar-refractivity contribution in [2.75, 3.05) is 26.7 Å². The molecule has 3 atom stereocenters. The van der Waals surface area contributed by atoms with Gasteiger partial charge < -0.3 is 48.6 Å². The fourth-order valence-corrected chi connectivity index (χ4v) is 8.39. The van der Waals surface area contributed by atoms with Crippen LogP contribution in [-0.4, -0.2) is 79.3 Å². The number of hydrogen-bond donors (Lipinski definition) is 3. The molecular formula is C59H51ClF4N6O13S. The summed E-state index contributed by atoms with van der Waals surface area (Å²) in [5.41, 5.74) is 5.04. The highest BCUT2D eigenvalue weighted by atomic mass is 35.7. The fourth-order valence-electron chi connectivity index (χ4n) is 8.22. The second kappa shape index (κ2) is 28.9. The number of β-lactam (4-membered cyclic amide) rings is 1. The van der Waals surface area contributed by atoms with Crippen LogP contribution in [0.25, 0.3) is 28.7 Å². The summed E-state index contributed by atoms with van der Waals surface area (Å²) in [5.74, 6) is 1.17. The average molecular weight is 1200 g/mol. The first-order valence-corrected chi connectivity index (χ1v) is 27.2. The number of isocyanates is 1. The zero-order chi connectivity index (χ0) is 59.0. The van der Waals surface area contributed by atoms with Gasteiger partial charge in [0.1, 0.15) is 23.3 Å². The van der Waals surface area contributed by atoms with Crippen molar-refractivity contribution in [2.45, 2.75) is 44.8 Å². The first-order chi connectivity index (χ1) is 39.9. The Morgan fingerprint density at radius 2 is 1.15 bits per heavy atom. The molecule has 3 unspecified atom stereocenters. The van der Waals surface area contributed by atoms with E-state index in [4.69, 9.17) is 37.9 Å². The van der Waals surface area contributed by atoms with E-state index >= 15 is 0 Å². The third-order valence-electron chi connectivity index (χ3n) is 12.6. The number of nitrogens with zero attached hydrogens (tertiary/aromatic N) is 4. The van der Waals surface area contributed by atoms with Gasteiger partial charge in [0.05, 0.1) is 18.5 Å². The van der Waals surface area contributed by atoms with E-state index in [9.17, 15) is 40.4 Å². The smallest absolute Gasteiger partial charge is 0.358 e. The Balaban J connectivity index is 0.000000154. The summed E-state index contributed by atoms with van der Waals surface area (Å²) in [7, 11) is 0.376. The number of carbonyl (C=O) groups is 3. The van der Waals surface area contributed by atoms with Gasteiger partial charge in [-0.15, -0.1) is 0 Å². The van der Waals surface area contributed by atoms with Crippen molar-refractivity contribution in [1.82, 2.24) is 25.8 Å². The van der Waals surface area contributed by atoms with Crippen molar-refractivity contribution in [2.24, 2.45) is 4.40 Å². The van der Waals surface area contributed by atoms with Crippen LogP contribution in [0.1, 0.15) is 88.0 Å². The van der Waals surface area contributed by atoms with Gasteiger partial charge in [0.15, 0.2) is 45.9 Å². The van der Waals surface area contributed by atoms with E-state index < -0.39 is 15.2 Å². The molecule has 25 heteroatoms. The normalized spacial score (nSPS) is 16.1. The molecule has 5 aliphatic heterocycles. The molecule has 3 fully saturated rings. The number of benzene rings is 6. The number of nitrogens with one attached hydrogen (secondary N) is 2. The molecule has 3 N–H and O–H groups in total. The zero-order valence-electron chi connectivity index (χ0n) is 43.3. The van der Waals surface area contributed by atoms with E-state index in [1.54, 1.807) is 83.8 Å². The summed E-state index contributed by atoms with van der Waals surface area (Å²) in [6.45, 7) is 5.55. The number of rotatable bonds is 9. The number of fused-ring (bicyclic) bond motifs is 2. The summed E-state index contributed by atoms with van der Waals surface area (Å²) in [6, 6.07) is 39.6. The maximum atomic E-state index is 13.5. The molecule has 84 heavy (non-hydrogen) atoms. The molecule has 2 aromatic heterocycles. The lowest BCUT2D eigenvalue weighted by molar-refractivity contribution is -0.128. The summed E-state index contributed by atoms with van der Waals surface area (Å²) >= 11 is 0. The van der Waals surface area contributed by atoms with Gasteiger partial charge in [0.25, 0.3) is 12.0 Å². The molecule has 7 heterocycles. The van der Waals surface area contributed by atoms with E-state index in [-0.39, 0.29) is 79.6 Å². The number of carboxylic acids is 1. The van der Waals surface area contributed by atoms with Crippen molar-refractivity contribution in [3.05, 3.63) is 209 Å². The van der Waals surface area contributed by atoms with Crippen LogP contribution in [0.2, 0.25) is 0 Å². The monoisotopic (exact) mass is 1190 g/mol. The van der Waals surface area contributed by atoms with E-state index in [1.807, 2.05) is 24.3 Å². The van der Waals surface area contributed by atoms with Crippen LogP contribution in [0, 0.1) is 23.3 Å². The molecule has 0 saturated carbocycles. The second-order valence-corrected chi connectivity index (χ2v) is 20.2. The number of ether oxygens (including phenoxy) is 4. The second-order valence-electron chi connectivity index (χ2n) is 18.0. The molecule has 5 aliphatic rings. The van der Waals surface area contributed by atoms with Gasteiger partial charge in [-0.25, -0.2) is 27.2 Å². The van der Waals surface area contributed by atoms with Crippen LogP contribution >= 0.6 is 10.7 Å². The lowest BCUT2D eigenvalue weighted by atomic mass is 9.94. The van der Waals surface area contributed by atoms with Crippen molar-refractivity contribution in [1.29, 1.82) is 0 Å². The number of aromatic nitrogens is 2. The van der Waals surface area contributed by atoms with Crippen LogP contribution in [0.5, 0.6) is 23.0 Å². The molecule has 8 aromatic rings. The highest BCUT2D eigenvalue weighted by Gasteiger charge is 2.36. The molecule has 0 bridgehead atoms. The summed E-state index contributed by atoms with van der Waals surface area (Å²) in [4.78, 5) is 44.8. The quantitative estimate of drug-likeness (QED) is 0.0399. The summed E-state index contributed by atoms with van der Waals surface area (Å²) in [6.07, 6.45) is 4.77. The molecule has 2 amide bonds. The first-order valence-electron chi connectivity index (χ1n) is 24.9. The SMILES string of the molecule is C.C=Cc1cccc(F)c1.Fc1cccc(C2CCN2)c1.O=C(O)c1cc(-c2ccc3c(c2)OCO3)on1.O=C(c1cc(-c2ccc3c(c2)OCO3)on1)N1CCC1c1cccc(F)c1.O=C1CC(c2cccc(F)c2)N1.O=C=NS(=O)(=O)Cl. The third-order valence-corrected chi connectivity index (χ3v) is 13.1. The highest BCUT2D eigenvalue weighted by Crippen LogP contribution is 2.39. The number of likely N-dealkylation sites (tertiary alicyclic amines) is 1. The van der Waals surface area contributed by atoms with Crippen LogP contribution in [0.3, 0.4) is 0 Å². The topological polar surface area (TPSA) is 251 Å². The Morgan fingerprint density at radius 3 is 1.56 bits per heavy atom. The zero-order valence-corrected chi connectivity index (χ0v) is 44.8. The number of carboxylic acid groups (broad SMARTS) is 1. The lowest BCUT2D eigenvalue weighted by Crippen LogP contribution is -2.45. The number of aromatic carboxylic acids is 1. The number of carbonyl (C=O) groups excluding carboxylic acids is 3. The molecule has 6 aromatic carbocycles. The highest BCUT2D eigenvalue weighted by molar-refractivity contribution is 8.12. The van der Waals surface area contributed by atoms with E-state index in [0.717, 1.165) is 53.3 Å². The molecule has 0 radical (unpaired) electrons. The number of hydrogen-bond acceptors (Lipinski definition) is 15. The number of amides is 2.